The lowest BCUT2D eigenvalue weighted by atomic mass is 9.85. The van der Waals surface area contributed by atoms with Crippen molar-refractivity contribution in [3.05, 3.63) is 35.9 Å². The molecule has 2 rings (SSSR count). The lowest BCUT2D eigenvalue weighted by molar-refractivity contribution is -0.132. The molecule has 1 aliphatic rings. The van der Waals surface area contributed by atoms with Crippen LogP contribution in [0.2, 0.25) is 0 Å². The fourth-order valence-corrected chi connectivity index (χ4v) is 2.64. The van der Waals surface area contributed by atoms with Gasteiger partial charge in [0.25, 0.3) is 0 Å². The Morgan fingerprint density at radius 2 is 1.89 bits per heavy atom. The van der Waals surface area contributed by atoms with Gasteiger partial charge in [-0.3, -0.25) is 4.79 Å². The van der Waals surface area contributed by atoms with E-state index in [1.807, 2.05) is 35.2 Å². The summed E-state index contributed by atoms with van der Waals surface area (Å²) in [5, 5.41) is 0. The highest BCUT2D eigenvalue weighted by Gasteiger charge is 2.28. The molecule has 3 heteroatoms. The minimum Gasteiger partial charge on any atom is -0.341 e. The first-order valence-corrected chi connectivity index (χ1v) is 7.09. The van der Waals surface area contributed by atoms with Gasteiger partial charge in [0.2, 0.25) is 5.91 Å². The van der Waals surface area contributed by atoms with Crippen LogP contribution in [-0.2, 0) is 4.79 Å². The summed E-state index contributed by atoms with van der Waals surface area (Å²) in [5.41, 5.74) is 7.34. The average Bonchev–Trinajstić information content (AvgIpc) is 2.59. The first-order valence-electron chi connectivity index (χ1n) is 7.09. The molecule has 1 saturated heterocycles. The summed E-state index contributed by atoms with van der Waals surface area (Å²) in [5.74, 6) is 0.0592. The topological polar surface area (TPSA) is 46.3 Å². The highest BCUT2D eigenvalue weighted by molar-refractivity contribution is 5.83. The van der Waals surface area contributed by atoms with Crippen LogP contribution in [0.4, 0.5) is 0 Å². The molecule has 3 nitrogen and oxygen atoms in total. The Balaban J connectivity index is 2.03. The molecule has 0 bridgehead atoms. The lowest BCUT2D eigenvalue weighted by Gasteiger charge is -2.25. The fourth-order valence-electron chi connectivity index (χ4n) is 2.64. The molecule has 1 aliphatic heterocycles. The van der Waals surface area contributed by atoms with Crippen LogP contribution in [0.25, 0.3) is 0 Å². The van der Waals surface area contributed by atoms with Gasteiger partial charge >= 0.3 is 0 Å². The van der Waals surface area contributed by atoms with E-state index in [0.29, 0.717) is 5.41 Å². The van der Waals surface area contributed by atoms with Gasteiger partial charge in [0.15, 0.2) is 0 Å². The smallest absolute Gasteiger partial charge is 0.244 e. The molecule has 1 fully saturated rings. The van der Waals surface area contributed by atoms with E-state index in [9.17, 15) is 4.79 Å². The van der Waals surface area contributed by atoms with Crippen LogP contribution in [0.15, 0.2) is 30.3 Å². The van der Waals surface area contributed by atoms with Crippen molar-refractivity contribution in [2.75, 3.05) is 13.1 Å². The predicted octanol–water partition coefficient (Wildman–Crippen LogP) is 2.73. The fraction of sp³-hybridized carbons (Fsp3) is 0.562. The van der Waals surface area contributed by atoms with E-state index in [0.717, 1.165) is 31.5 Å². The van der Waals surface area contributed by atoms with Crippen molar-refractivity contribution in [1.29, 1.82) is 0 Å². The second-order valence-corrected chi connectivity index (χ2v) is 6.23. The molecule has 1 atom stereocenters. The zero-order chi connectivity index (χ0) is 13.9. The van der Waals surface area contributed by atoms with Gasteiger partial charge in [-0.1, -0.05) is 44.2 Å². The highest BCUT2D eigenvalue weighted by atomic mass is 16.2. The third kappa shape index (κ3) is 3.57. The van der Waals surface area contributed by atoms with E-state index in [1.165, 1.54) is 6.42 Å². The Labute approximate surface area is 115 Å². The number of nitrogens with two attached hydrogens (primary N) is 1. The van der Waals surface area contributed by atoms with Crippen LogP contribution >= 0.6 is 0 Å². The maximum absolute atomic E-state index is 12.5. The van der Waals surface area contributed by atoms with E-state index in [2.05, 4.69) is 13.8 Å². The monoisotopic (exact) mass is 260 g/mol. The van der Waals surface area contributed by atoms with Crippen LogP contribution in [0.3, 0.4) is 0 Å². The largest absolute Gasteiger partial charge is 0.341 e. The summed E-state index contributed by atoms with van der Waals surface area (Å²) in [6, 6.07) is 9.11. The van der Waals surface area contributed by atoms with Crippen LogP contribution in [0, 0.1) is 5.41 Å². The summed E-state index contributed by atoms with van der Waals surface area (Å²) in [4.78, 5) is 14.4. The molecule has 1 heterocycles. The number of hydrogen-bond donors (Lipinski definition) is 1. The average molecular weight is 260 g/mol. The number of likely N-dealkylation sites (tertiary alicyclic amines) is 1. The summed E-state index contributed by atoms with van der Waals surface area (Å²) >= 11 is 0. The molecule has 1 aromatic rings. The van der Waals surface area contributed by atoms with Crippen molar-refractivity contribution in [2.24, 2.45) is 11.1 Å². The van der Waals surface area contributed by atoms with Gasteiger partial charge in [-0.25, -0.2) is 0 Å². The zero-order valence-corrected chi connectivity index (χ0v) is 11.9. The third-order valence-electron chi connectivity index (χ3n) is 4.08. The molecular weight excluding hydrogens is 236 g/mol. The SMILES string of the molecule is CC1(C)CCCN(C(=O)C(N)c2ccccc2)CC1. The molecule has 0 aliphatic carbocycles. The van der Waals surface area contributed by atoms with Crippen molar-refractivity contribution in [1.82, 2.24) is 4.90 Å². The number of nitrogens with zero attached hydrogens (tertiary/aromatic N) is 1. The van der Waals surface area contributed by atoms with Crippen LogP contribution in [0.5, 0.6) is 0 Å². The molecule has 0 spiro atoms. The minimum absolute atomic E-state index is 0.0592. The molecule has 0 aromatic heterocycles. The number of carbonyl (C=O) groups is 1. The Hall–Kier alpha value is -1.35. The van der Waals surface area contributed by atoms with Crippen LogP contribution in [-0.4, -0.2) is 23.9 Å². The molecule has 0 saturated carbocycles. The maximum Gasteiger partial charge on any atom is 0.244 e. The van der Waals surface area contributed by atoms with E-state index in [-0.39, 0.29) is 5.91 Å². The van der Waals surface area contributed by atoms with Crippen molar-refractivity contribution in [2.45, 2.75) is 39.2 Å². The normalized spacial score (nSPS) is 20.7. The van der Waals surface area contributed by atoms with E-state index in [1.54, 1.807) is 0 Å². The summed E-state index contributed by atoms with van der Waals surface area (Å²) in [6.07, 6.45) is 3.30. The van der Waals surface area contributed by atoms with Crippen molar-refractivity contribution >= 4 is 5.91 Å². The zero-order valence-electron chi connectivity index (χ0n) is 11.9. The van der Waals surface area contributed by atoms with Gasteiger partial charge in [0.1, 0.15) is 6.04 Å². The number of hydrogen-bond acceptors (Lipinski definition) is 2. The van der Waals surface area contributed by atoms with Gasteiger partial charge in [-0.15, -0.1) is 0 Å². The molecule has 19 heavy (non-hydrogen) atoms. The Bertz CT molecular complexity index is 428. The van der Waals surface area contributed by atoms with Gasteiger partial charge in [0.05, 0.1) is 0 Å². The highest BCUT2D eigenvalue weighted by Crippen LogP contribution is 2.30. The van der Waals surface area contributed by atoms with Crippen LogP contribution < -0.4 is 5.73 Å². The van der Waals surface area contributed by atoms with E-state index < -0.39 is 6.04 Å². The molecule has 104 valence electrons. The Morgan fingerprint density at radius 3 is 2.58 bits per heavy atom. The molecule has 0 radical (unpaired) electrons. The van der Waals surface area contributed by atoms with Crippen LogP contribution in [0.1, 0.15) is 44.7 Å². The standard InChI is InChI=1S/C16H24N2O/c1-16(2)9-6-11-18(12-10-16)15(19)14(17)13-7-4-3-5-8-13/h3-5,7-8,14H,6,9-12,17H2,1-2H3. The number of benzene rings is 1. The lowest BCUT2D eigenvalue weighted by Crippen LogP contribution is -2.39. The molecule has 1 aromatic carbocycles. The third-order valence-corrected chi connectivity index (χ3v) is 4.08. The Kier molecular flexibility index (Phi) is 4.25. The molecule has 1 unspecified atom stereocenters. The molecule has 1 amide bonds. The maximum atomic E-state index is 12.5. The minimum atomic E-state index is -0.526. The van der Waals surface area contributed by atoms with Gasteiger partial charge in [-0.2, -0.15) is 0 Å². The van der Waals surface area contributed by atoms with E-state index >= 15 is 0 Å². The first kappa shape index (κ1) is 14.1. The molecular formula is C16H24N2O. The quantitative estimate of drug-likeness (QED) is 0.888. The van der Waals surface area contributed by atoms with Crippen molar-refractivity contribution < 1.29 is 4.79 Å². The number of amides is 1. The van der Waals surface area contributed by atoms with Gasteiger partial charge < -0.3 is 10.6 Å². The van der Waals surface area contributed by atoms with E-state index in [4.69, 9.17) is 5.73 Å². The van der Waals surface area contributed by atoms with Crippen molar-refractivity contribution in [3.63, 3.8) is 0 Å². The summed E-state index contributed by atoms with van der Waals surface area (Å²) < 4.78 is 0. The number of carbonyl (C=O) groups excluding carboxylic acids is 1. The van der Waals surface area contributed by atoms with Gasteiger partial charge in [-0.05, 0) is 30.2 Å². The van der Waals surface area contributed by atoms with Gasteiger partial charge in [0, 0.05) is 13.1 Å². The number of rotatable bonds is 2. The predicted molar refractivity (Wildman–Crippen MR) is 77.6 cm³/mol. The Morgan fingerprint density at radius 1 is 1.21 bits per heavy atom. The van der Waals surface area contributed by atoms with Crippen molar-refractivity contribution in [3.8, 4) is 0 Å². The summed E-state index contributed by atoms with van der Waals surface area (Å²) in [6.45, 7) is 6.21. The second kappa shape index (κ2) is 5.74. The summed E-state index contributed by atoms with van der Waals surface area (Å²) in [7, 11) is 0. The second-order valence-electron chi connectivity index (χ2n) is 6.23. The molecule has 2 N–H and O–H groups in total. The first-order chi connectivity index (χ1) is 8.99.